The van der Waals surface area contributed by atoms with Crippen LogP contribution in [-0.2, 0) is 20.9 Å². The molecule has 0 radical (unpaired) electrons. The maximum atomic E-state index is 11.6. The van der Waals surface area contributed by atoms with Crippen LogP contribution in [-0.4, -0.2) is 23.2 Å². The molecular weight excluding hydrogens is 236 g/mol. The van der Waals surface area contributed by atoms with Crippen molar-refractivity contribution >= 4 is 18.3 Å². The lowest BCUT2D eigenvalue weighted by Crippen LogP contribution is -2.44. The van der Waals surface area contributed by atoms with Gasteiger partial charge in [-0.2, -0.15) is 0 Å². The van der Waals surface area contributed by atoms with Crippen LogP contribution in [0.25, 0.3) is 0 Å². The molecule has 0 saturated carbocycles. The van der Waals surface area contributed by atoms with Gasteiger partial charge in [0.15, 0.2) is 6.29 Å². The van der Waals surface area contributed by atoms with Crippen molar-refractivity contribution in [2.45, 2.75) is 6.54 Å². The van der Waals surface area contributed by atoms with Crippen molar-refractivity contribution in [2.75, 3.05) is 0 Å². The summed E-state index contributed by atoms with van der Waals surface area (Å²) in [5.74, 6) is -0.826. The molecule has 2 rings (SSSR count). The molecule has 0 aliphatic carbocycles. The Balaban J connectivity index is 2.17. The molecule has 1 aliphatic heterocycles. The zero-order chi connectivity index (χ0) is 13.1. The van der Waals surface area contributed by atoms with E-state index >= 15 is 0 Å². The van der Waals surface area contributed by atoms with Gasteiger partial charge in [0.25, 0.3) is 5.91 Å². The van der Waals surface area contributed by atoms with E-state index in [9.17, 15) is 14.4 Å². The van der Waals surface area contributed by atoms with Crippen molar-refractivity contribution in [1.29, 1.82) is 0 Å². The molecule has 0 aromatic heterocycles. The topological polar surface area (TPSA) is 89.7 Å². The number of primary amides is 1. The van der Waals surface area contributed by atoms with Crippen LogP contribution < -0.4 is 5.73 Å². The first-order valence-electron chi connectivity index (χ1n) is 5.16. The van der Waals surface area contributed by atoms with Crippen molar-refractivity contribution < 1.29 is 19.1 Å². The fourth-order valence-electron chi connectivity index (χ4n) is 1.65. The van der Waals surface area contributed by atoms with E-state index in [0.717, 1.165) is 5.56 Å². The van der Waals surface area contributed by atoms with E-state index in [1.807, 2.05) is 30.3 Å². The van der Waals surface area contributed by atoms with E-state index in [0.29, 0.717) is 6.29 Å². The third-order valence-electron chi connectivity index (χ3n) is 2.46. The SMILES string of the molecule is NC(=O)OC1=C(C=O)N(Cc2ccccc2)C1=O. The second kappa shape index (κ2) is 4.70. The van der Waals surface area contributed by atoms with E-state index in [4.69, 9.17) is 5.73 Å². The van der Waals surface area contributed by atoms with Gasteiger partial charge in [-0.25, -0.2) is 4.79 Å². The largest absolute Gasteiger partial charge is 0.410 e. The standard InChI is InChI=1S/C12H10N2O4/c13-12(17)18-10-9(7-15)14(11(10)16)6-8-4-2-1-3-5-8/h1-5,7H,6H2,(H2,13,17). The highest BCUT2D eigenvalue weighted by Crippen LogP contribution is 2.26. The number of rotatable bonds is 4. The first kappa shape index (κ1) is 11.8. The number of hydrogen-bond acceptors (Lipinski definition) is 4. The van der Waals surface area contributed by atoms with Crippen LogP contribution in [0.15, 0.2) is 41.8 Å². The van der Waals surface area contributed by atoms with Gasteiger partial charge in [0.05, 0.1) is 6.54 Å². The van der Waals surface area contributed by atoms with Crippen molar-refractivity contribution in [3.63, 3.8) is 0 Å². The molecule has 6 heteroatoms. The monoisotopic (exact) mass is 246 g/mol. The summed E-state index contributed by atoms with van der Waals surface area (Å²) in [7, 11) is 0. The molecule has 0 spiro atoms. The Bertz CT molecular complexity index is 536. The number of nitrogens with two attached hydrogens (primary N) is 1. The molecular formula is C12H10N2O4. The van der Waals surface area contributed by atoms with Gasteiger partial charge in [-0.3, -0.25) is 14.5 Å². The maximum absolute atomic E-state index is 11.6. The summed E-state index contributed by atoms with van der Waals surface area (Å²) in [6, 6.07) is 9.14. The molecule has 0 saturated heterocycles. The Morgan fingerprint density at radius 3 is 2.56 bits per heavy atom. The number of hydrogen-bond donors (Lipinski definition) is 1. The summed E-state index contributed by atoms with van der Waals surface area (Å²) >= 11 is 0. The Labute approximate surface area is 103 Å². The smallest absolute Gasteiger partial charge is 0.402 e. The highest BCUT2D eigenvalue weighted by Gasteiger charge is 2.39. The third kappa shape index (κ3) is 2.08. The average molecular weight is 246 g/mol. The normalized spacial score (nSPS) is 14.2. The lowest BCUT2D eigenvalue weighted by Gasteiger charge is -2.31. The Kier molecular flexibility index (Phi) is 3.09. The summed E-state index contributed by atoms with van der Waals surface area (Å²) in [6.07, 6.45) is -0.653. The minimum atomic E-state index is -1.11. The van der Waals surface area contributed by atoms with Crippen LogP contribution in [0.1, 0.15) is 5.56 Å². The molecule has 0 atom stereocenters. The summed E-state index contributed by atoms with van der Waals surface area (Å²) in [4.78, 5) is 34.3. The van der Waals surface area contributed by atoms with Gasteiger partial charge >= 0.3 is 6.09 Å². The number of nitrogens with zero attached hydrogens (tertiary/aromatic N) is 1. The van der Waals surface area contributed by atoms with Gasteiger partial charge in [0.1, 0.15) is 5.70 Å². The van der Waals surface area contributed by atoms with Crippen LogP contribution in [0.4, 0.5) is 4.79 Å². The summed E-state index contributed by atoms with van der Waals surface area (Å²) in [6.45, 7) is 0.249. The predicted octanol–water partition coefficient (Wildman–Crippen LogP) is 0.535. The van der Waals surface area contributed by atoms with Crippen LogP contribution in [0.3, 0.4) is 0 Å². The van der Waals surface area contributed by atoms with Gasteiger partial charge in [-0.1, -0.05) is 30.3 Å². The molecule has 0 bridgehead atoms. The Hall–Kier alpha value is -2.63. The fourth-order valence-corrected chi connectivity index (χ4v) is 1.65. The number of benzene rings is 1. The molecule has 18 heavy (non-hydrogen) atoms. The maximum Gasteiger partial charge on any atom is 0.410 e. The van der Waals surface area contributed by atoms with Gasteiger partial charge in [0.2, 0.25) is 5.76 Å². The molecule has 2 N–H and O–H groups in total. The van der Waals surface area contributed by atoms with E-state index < -0.39 is 12.0 Å². The fraction of sp³-hybridized carbons (Fsp3) is 0.0833. The van der Waals surface area contributed by atoms with E-state index in [1.165, 1.54) is 4.90 Å². The average Bonchev–Trinajstić information content (AvgIpc) is 2.37. The third-order valence-corrected chi connectivity index (χ3v) is 2.46. The van der Waals surface area contributed by atoms with E-state index in [1.54, 1.807) is 0 Å². The minimum Gasteiger partial charge on any atom is -0.402 e. The number of allylic oxidation sites excluding steroid dienone is 1. The highest BCUT2D eigenvalue weighted by molar-refractivity contribution is 6.08. The molecule has 1 aromatic rings. The molecule has 6 nitrogen and oxygen atoms in total. The molecule has 1 aliphatic rings. The second-order valence-corrected chi connectivity index (χ2v) is 3.63. The lowest BCUT2D eigenvalue weighted by atomic mass is 10.1. The number of aldehydes is 1. The zero-order valence-corrected chi connectivity index (χ0v) is 9.33. The Morgan fingerprint density at radius 2 is 2.00 bits per heavy atom. The van der Waals surface area contributed by atoms with Crippen LogP contribution >= 0.6 is 0 Å². The highest BCUT2D eigenvalue weighted by atomic mass is 16.6. The molecule has 0 unspecified atom stereocenters. The second-order valence-electron chi connectivity index (χ2n) is 3.63. The van der Waals surface area contributed by atoms with Crippen molar-refractivity contribution in [2.24, 2.45) is 5.73 Å². The molecule has 2 amide bonds. The molecule has 1 heterocycles. The van der Waals surface area contributed by atoms with Gasteiger partial charge in [0, 0.05) is 0 Å². The minimum absolute atomic E-state index is 0.0302. The number of carbonyl (C=O) groups excluding carboxylic acids is 3. The van der Waals surface area contributed by atoms with Crippen LogP contribution in [0.5, 0.6) is 0 Å². The summed E-state index contributed by atoms with van der Waals surface area (Å²) in [5, 5.41) is 0. The van der Waals surface area contributed by atoms with E-state index in [2.05, 4.69) is 4.74 Å². The number of amides is 2. The zero-order valence-electron chi connectivity index (χ0n) is 9.33. The van der Waals surface area contributed by atoms with Gasteiger partial charge < -0.3 is 10.5 Å². The number of ether oxygens (including phenoxy) is 1. The van der Waals surface area contributed by atoms with Gasteiger partial charge in [-0.15, -0.1) is 0 Å². The van der Waals surface area contributed by atoms with E-state index in [-0.39, 0.29) is 18.0 Å². The quantitative estimate of drug-likeness (QED) is 0.785. The number of carbonyl (C=O) groups is 3. The van der Waals surface area contributed by atoms with Crippen LogP contribution in [0, 0.1) is 0 Å². The van der Waals surface area contributed by atoms with Crippen molar-refractivity contribution in [3.05, 3.63) is 47.4 Å². The molecule has 0 fully saturated rings. The molecule has 92 valence electrons. The van der Waals surface area contributed by atoms with Gasteiger partial charge in [-0.05, 0) is 5.56 Å². The predicted molar refractivity (Wildman–Crippen MR) is 60.8 cm³/mol. The first-order chi connectivity index (χ1) is 8.63. The summed E-state index contributed by atoms with van der Waals surface area (Å²) < 4.78 is 4.47. The van der Waals surface area contributed by atoms with Crippen molar-refractivity contribution in [1.82, 2.24) is 4.90 Å². The van der Waals surface area contributed by atoms with Crippen LogP contribution in [0.2, 0.25) is 0 Å². The molecule has 1 aromatic carbocycles. The summed E-state index contributed by atoms with van der Waals surface area (Å²) in [5.41, 5.74) is 5.69. The van der Waals surface area contributed by atoms with Crippen molar-refractivity contribution in [3.8, 4) is 0 Å². The lowest BCUT2D eigenvalue weighted by molar-refractivity contribution is -0.135. The first-order valence-corrected chi connectivity index (χ1v) is 5.16. The Morgan fingerprint density at radius 1 is 1.33 bits per heavy atom.